The van der Waals surface area contributed by atoms with E-state index in [1.54, 1.807) is 39.5 Å². The minimum Gasteiger partial charge on any atom is -0.339 e. The smallest absolute Gasteiger partial charge is 0.339 e. The van der Waals surface area contributed by atoms with Crippen LogP contribution in [0.25, 0.3) is 0 Å². The lowest BCUT2D eigenvalue weighted by Crippen LogP contribution is -2.43. The van der Waals surface area contributed by atoms with Gasteiger partial charge in [-0.1, -0.05) is 13.8 Å². The second-order valence-corrected chi connectivity index (χ2v) is 13.9. The standard InChI is InChI=1S/C27H31F6NO3S/c1-24(2,3)38(36,37)22-8-6-17(7-9-22)23(35)34-12-10-18(11-13-34)25(4,5)19-14-20(26(28,29)30)16-21(15-19)27(31,32)33/h6-9,14-16,18H,10-13H2,1-5H3. The van der Waals surface area contributed by atoms with Gasteiger partial charge >= 0.3 is 12.4 Å². The third-order valence-corrected chi connectivity index (χ3v) is 9.86. The zero-order valence-corrected chi connectivity index (χ0v) is 22.6. The second kappa shape index (κ2) is 9.88. The summed E-state index contributed by atoms with van der Waals surface area (Å²) in [6.07, 6.45) is -9.09. The number of carbonyl (C=O) groups is 1. The van der Waals surface area contributed by atoms with Gasteiger partial charge < -0.3 is 4.90 Å². The van der Waals surface area contributed by atoms with Crippen molar-refractivity contribution in [3.8, 4) is 0 Å². The lowest BCUT2D eigenvalue weighted by atomic mass is 9.69. The van der Waals surface area contributed by atoms with E-state index in [9.17, 15) is 39.6 Å². The highest BCUT2D eigenvalue weighted by atomic mass is 32.2. The van der Waals surface area contributed by atoms with Gasteiger partial charge in [-0.25, -0.2) is 8.42 Å². The third-order valence-electron chi connectivity index (χ3n) is 7.35. The van der Waals surface area contributed by atoms with E-state index in [0.29, 0.717) is 18.4 Å². The average molecular weight is 564 g/mol. The predicted octanol–water partition coefficient (Wildman–Crippen LogP) is 7.13. The van der Waals surface area contributed by atoms with Gasteiger partial charge in [0.25, 0.3) is 5.91 Å². The van der Waals surface area contributed by atoms with Crippen LogP contribution in [0.2, 0.25) is 0 Å². The quantitative estimate of drug-likeness (QED) is 0.372. The van der Waals surface area contributed by atoms with Crippen molar-refractivity contribution in [1.82, 2.24) is 4.90 Å². The van der Waals surface area contributed by atoms with Gasteiger partial charge in [0.15, 0.2) is 9.84 Å². The minimum atomic E-state index is -4.93. The predicted molar refractivity (Wildman–Crippen MR) is 131 cm³/mol. The number of nitrogens with zero attached hydrogens (tertiary/aromatic N) is 1. The highest BCUT2D eigenvalue weighted by molar-refractivity contribution is 7.92. The first kappa shape index (κ1) is 30.0. The highest BCUT2D eigenvalue weighted by Crippen LogP contribution is 2.43. The number of piperidine rings is 1. The van der Waals surface area contributed by atoms with Crippen LogP contribution in [0, 0.1) is 5.92 Å². The minimum absolute atomic E-state index is 0.0555. The molecule has 1 fully saturated rings. The van der Waals surface area contributed by atoms with Gasteiger partial charge in [-0.15, -0.1) is 0 Å². The van der Waals surface area contributed by atoms with Crippen molar-refractivity contribution in [2.24, 2.45) is 5.92 Å². The number of amides is 1. The van der Waals surface area contributed by atoms with E-state index in [1.165, 1.54) is 24.3 Å². The van der Waals surface area contributed by atoms with E-state index >= 15 is 0 Å². The molecule has 38 heavy (non-hydrogen) atoms. The second-order valence-electron chi connectivity index (χ2n) is 11.2. The number of halogens is 6. The van der Waals surface area contributed by atoms with Gasteiger partial charge in [0.2, 0.25) is 0 Å². The van der Waals surface area contributed by atoms with Crippen LogP contribution in [0.4, 0.5) is 26.3 Å². The van der Waals surface area contributed by atoms with E-state index in [4.69, 9.17) is 0 Å². The number of likely N-dealkylation sites (tertiary alicyclic amines) is 1. The van der Waals surface area contributed by atoms with E-state index < -0.39 is 43.5 Å². The lowest BCUT2D eigenvalue weighted by molar-refractivity contribution is -0.143. The van der Waals surface area contributed by atoms with Gasteiger partial charge in [-0.3, -0.25) is 4.79 Å². The van der Waals surface area contributed by atoms with Crippen LogP contribution >= 0.6 is 0 Å². The molecule has 0 saturated carbocycles. The van der Waals surface area contributed by atoms with Crippen LogP contribution in [0.3, 0.4) is 0 Å². The summed E-state index contributed by atoms with van der Waals surface area (Å²) in [5.41, 5.74) is -3.47. The molecule has 1 aliphatic heterocycles. The van der Waals surface area contributed by atoms with E-state index in [0.717, 1.165) is 12.1 Å². The van der Waals surface area contributed by atoms with Crippen LogP contribution in [0.15, 0.2) is 47.4 Å². The zero-order chi connectivity index (χ0) is 28.9. The summed E-state index contributed by atoms with van der Waals surface area (Å²) in [6.45, 7) is 8.52. The summed E-state index contributed by atoms with van der Waals surface area (Å²) in [5.74, 6) is -0.588. The number of benzene rings is 2. The molecule has 1 heterocycles. The van der Waals surface area contributed by atoms with Crippen molar-refractivity contribution in [2.45, 2.75) is 74.9 Å². The average Bonchev–Trinajstić information content (AvgIpc) is 2.81. The molecule has 4 nitrogen and oxygen atoms in total. The molecule has 3 rings (SSSR count). The van der Waals surface area contributed by atoms with Crippen molar-refractivity contribution in [1.29, 1.82) is 0 Å². The van der Waals surface area contributed by atoms with Gasteiger partial charge in [0.05, 0.1) is 20.8 Å². The molecule has 2 aromatic rings. The number of alkyl halides is 6. The molecule has 0 aliphatic carbocycles. The van der Waals surface area contributed by atoms with Gasteiger partial charge in [0.1, 0.15) is 0 Å². The topological polar surface area (TPSA) is 54.5 Å². The molecule has 210 valence electrons. The van der Waals surface area contributed by atoms with Gasteiger partial charge in [-0.2, -0.15) is 26.3 Å². The first-order valence-electron chi connectivity index (χ1n) is 12.1. The fraction of sp³-hybridized carbons (Fsp3) is 0.519. The van der Waals surface area contributed by atoms with Gasteiger partial charge in [0, 0.05) is 18.7 Å². The Morgan fingerprint density at radius 2 is 1.18 bits per heavy atom. The molecule has 0 spiro atoms. The molecule has 0 radical (unpaired) electrons. The Hall–Kier alpha value is -2.56. The number of sulfone groups is 1. The fourth-order valence-electron chi connectivity index (χ4n) is 4.68. The molecule has 1 aliphatic rings. The third kappa shape index (κ3) is 6.02. The Labute approximate surface area is 218 Å². The van der Waals surface area contributed by atoms with E-state index in [1.807, 2.05) is 0 Å². The van der Waals surface area contributed by atoms with Crippen molar-refractivity contribution < 1.29 is 39.6 Å². The molecule has 0 unspecified atom stereocenters. The van der Waals surface area contributed by atoms with Crippen LogP contribution in [0.1, 0.15) is 74.5 Å². The molecular weight excluding hydrogens is 532 g/mol. The SMILES string of the molecule is CC(C)(c1cc(C(F)(F)F)cc(C(F)(F)F)c1)C1CCN(C(=O)c2ccc(S(=O)(=O)C(C)(C)C)cc2)CC1. The van der Waals surface area contributed by atoms with Crippen molar-refractivity contribution >= 4 is 15.7 Å². The molecule has 0 bridgehead atoms. The largest absolute Gasteiger partial charge is 0.416 e. The molecule has 1 amide bonds. The Morgan fingerprint density at radius 3 is 1.58 bits per heavy atom. The Morgan fingerprint density at radius 1 is 0.763 bits per heavy atom. The number of hydrogen-bond donors (Lipinski definition) is 0. The van der Waals surface area contributed by atoms with Crippen molar-refractivity contribution in [3.05, 3.63) is 64.7 Å². The summed E-state index contributed by atoms with van der Waals surface area (Å²) >= 11 is 0. The number of carbonyl (C=O) groups excluding carboxylic acids is 1. The maximum Gasteiger partial charge on any atom is 0.416 e. The molecule has 2 aromatic carbocycles. The van der Waals surface area contributed by atoms with E-state index in [2.05, 4.69) is 0 Å². The maximum atomic E-state index is 13.4. The molecule has 0 atom stereocenters. The van der Waals surface area contributed by atoms with Crippen molar-refractivity contribution in [2.75, 3.05) is 13.1 Å². The first-order chi connectivity index (χ1) is 17.2. The monoisotopic (exact) mass is 563 g/mol. The lowest BCUT2D eigenvalue weighted by Gasteiger charge is -2.41. The Bertz CT molecular complexity index is 1250. The van der Waals surface area contributed by atoms with Crippen molar-refractivity contribution in [3.63, 3.8) is 0 Å². The molecule has 0 aromatic heterocycles. The summed E-state index contributed by atoms with van der Waals surface area (Å²) in [5, 5.41) is 0. The summed E-state index contributed by atoms with van der Waals surface area (Å²) in [7, 11) is -3.58. The van der Waals surface area contributed by atoms with Crippen LogP contribution in [0.5, 0.6) is 0 Å². The summed E-state index contributed by atoms with van der Waals surface area (Å²) < 4.78 is 104. The Balaban J connectivity index is 1.78. The molecular formula is C27H31F6NO3S. The maximum absolute atomic E-state index is 13.4. The number of hydrogen-bond acceptors (Lipinski definition) is 3. The zero-order valence-electron chi connectivity index (χ0n) is 21.8. The summed E-state index contributed by atoms with van der Waals surface area (Å²) in [4.78, 5) is 14.7. The number of rotatable bonds is 4. The van der Waals surface area contributed by atoms with Crippen LogP contribution in [-0.2, 0) is 27.6 Å². The molecule has 0 N–H and O–H groups in total. The molecule has 1 saturated heterocycles. The van der Waals surface area contributed by atoms with Gasteiger partial charge in [-0.05, 0) is 93.0 Å². The van der Waals surface area contributed by atoms with Crippen LogP contribution in [-0.4, -0.2) is 37.1 Å². The molecule has 11 heteroatoms. The highest BCUT2D eigenvalue weighted by Gasteiger charge is 2.41. The fourth-order valence-corrected chi connectivity index (χ4v) is 5.88. The Kier molecular flexibility index (Phi) is 7.80. The van der Waals surface area contributed by atoms with E-state index in [-0.39, 0.29) is 41.4 Å². The summed E-state index contributed by atoms with van der Waals surface area (Å²) in [6, 6.07) is 7.33. The van der Waals surface area contributed by atoms with Crippen LogP contribution < -0.4 is 0 Å². The first-order valence-corrected chi connectivity index (χ1v) is 13.6. The normalized spacial score (nSPS) is 16.6.